The Hall–Kier alpha value is -3.55. The van der Waals surface area contributed by atoms with Crippen molar-refractivity contribution in [1.29, 1.82) is 0 Å². The molecule has 2 aromatic carbocycles. The molecular weight excluding hydrogens is 404 g/mol. The maximum atomic E-state index is 14.5. The molecule has 0 saturated carbocycles. The van der Waals surface area contributed by atoms with E-state index in [0.717, 1.165) is 36.3 Å². The van der Waals surface area contributed by atoms with Gasteiger partial charge in [0.15, 0.2) is 0 Å². The normalized spacial score (nSPS) is 16.9. The Morgan fingerprint density at radius 1 is 0.935 bits per heavy atom. The number of amides is 3. The lowest BCUT2D eigenvalue weighted by molar-refractivity contribution is -0.121. The quantitative estimate of drug-likeness (QED) is 0.759. The van der Waals surface area contributed by atoms with Gasteiger partial charge in [-0.25, -0.2) is 13.7 Å². The summed E-state index contributed by atoms with van der Waals surface area (Å²) in [6.07, 6.45) is 2.79. The highest BCUT2D eigenvalue weighted by molar-refractivity contribution is 6.45. The van der Waals surface area contributed by atoms with E-state index in [2.05, 4.69) is 5.32 Å². The molecule has 2 heterocycles. The molecule has 4 rings (SSSR count). The molecule has 2 aromatic rings. The number of nitrogens with zero attached hydrogens (tertiary/aromatic N) is 2. The zero-order chi connectivity index (χ0) is 22.1. The lowest BCUT2D eigenvalue weighted by Crippen LogP contribution is -2.37. The van der Waals surface area contributed by atoms with E-state index >= 15 is 0 Å². The second-order valence-corrected chi connectivity index (χ2v) is 7.57. The number of anilines is 2. The Balaban J connectivity index is 1.79. The number of halogens is 2. The van der Waals surface area contributed by atoms with E-state index in [1.807, 2.05) is 4.90 Å². The highest BCUT2D eigenvalue weighted by Crippen LogP contribution is 2.37. The van der Waals surface area contributed by atoms with Crippen molar-refractivity contribution in [3.63, 3.8) is 0 Å². The first-order valence-corrected chi connectivity index (χ1v) is 10.1. The SMILES string of the molecule is CC(=O)Nc1ccc(C2=C(N3CCCCC3)C(=O)N(c3ccc(F)cc3F)C2=O)cc1. The van der Waals surface area contributed by atoms with E-state index in [9.17, 15) is 23.2 Å². The zero-order valence-electron chi connectivity index (χ0n) is 17.0. The minimum atomic E-state index is -0.984. The predicted octanol–water partition coefficient (Wildman–Crippen LogP) is 3.69. The van der Waals surface area contributed by atoms with Crippen molar-refractivity contribution in [3.8, 4) is 0 Å². The molecule has 2 aliphatic heterocycles. The zero-order valence-corrected chi connectivity index (χ0v) is 17.0. The summed E-state index contributed by atoms with van der Waals surface area (Å²) in [4.78, 5) is 40.6. The smallest absolute Gasteiger partial charge is 0.282 e. The summed E-state index contributed by atoms with van der Waals surface area (Å²) in [6.45, 7) is 2.61. The molecule has 0 atom stereocenters. The van der Waals surface area contributed by atoms with Gasteiger partial charge in [0.2, 0.25) is 5.91 Å². The molecule has 1 N–H and O–H groups in total. The summed E-state index contributed by atoms with van der Waals surface area (Å²) in [5.74, 6) is -3.30. The molecule has 31 heavy (non-hydrogen) atoms. The monoisotopic (exact) mass is 425 g/mol. The third-order valence-electron chi connectivity index (χ3n) is 5.38. The van der Waals surface area contributed by atoms with E-state index in [-0.39, 0.29) is 22.9 Å². The number of carbonyl (C=O) groups excluding carboxylic acids is 3. The Bertz CT molecular complexity index is 1090. The van der Waals surface area contributed by atoms with Crippen LogP contribution in [0.3, 0.4) is 0 Å². The van der Waals surface area contributed by atoms with Crippen LogP contribution < -0.4 is 10.2 Å². The Morgan fingerprint density at radius 2 is 1.61 bits per heavy atom. The highest BCUT2D eigenvalue weighted by atomic mass is 19.1. The van der Waals surface area contributed by atoms with Crippen LogP contribution in [0.5, 0.6) is 0 Å². The number of benzene rings is 2. The van der Waals surface area contributed by atoms with Crippen LogP contribution in [0.15, 0.2) is 48.2 Å². The van der Waals surface area contributed by atoms with Crippen LogP contribution in [0.25, 0.3) is 5.57 Å². The number of piperidine rings is 1. The number of rotatable bonds is 4. The van der Waals surface area contributed by atoms with Crippen LogP contribution in [-0.4, -0.2) is 35.7 Å². The third kappa shape index (κ3) is 3.93. The fraction of sp³-hybridized carbons (Fsp3) is 0.261. The second-order valence-electron chi connectivity index (χ2n) is 7.57. The molecule has 0 spiro atoms. The van der Waals surface area contributed by atoms with Crippen molar-refractivity contribution in [2.75, 3.05) is 23.3 Å². The van der Waals surface area contributed by atoms with Crippen molar-refractivity contribution in [2.45, 2.75) is 26.2 Å². The molecular formula is C23H21F2N3O3. The molecule has 1 saturated heterocycles. The van der Waals surface area contributed by atoms with Crippen molar-refractivity contribution in [2.24, 2.45) is 0 Å². The third-order valence-corrected chi connectivity index (χ3v) is 5.38. The van der Waals surface area contributed by atoms with Gasteiger partial charge in [-0.15, -0.1) is 0 Å². The van der Waals surface area contributed by atoms with Crippen LogP contribution in [0.2, 0.25) is 0 Å². The summed E-state index contributed by atoms with van der Waals surface area (Å²) in [5.41, 5.74) is 1.15. The Labute approximate surface area is 178 Å². The van der Waals surface area contributed by atoms with Crippen molar-refractivity contribution < 1.29 is 23.2 Å². The number of likely N-dealkylation sites (tertiary alicyclic amines) is 1. The van der Waals surface area contributed by atoms with Gasteiger partial charge in [-0.1, -0.05) is 12.1 Å². The lowest BCUT2D eigenvalue weighted by Gasteiger charge is -2.29. The maximum absolute atomic E-state index is 14.5. The van der Waals surface area contributed by atoms with Gasteiger partial charge in [0.25, 0.3) is 11.8 Å². The fourth-order valence-corrected chi connectivity index (χ4v) is 3.99. The number of imide groups is 1. The van der Waals surface area contributed by atoms with Crippen molar-refractivity contribution in [1.82, 2.24) is 4.90 Å². The van der Waals surface area contributed by atoms with E-state index in [1.165, 1.54) is 6.92 Å². The first kappa shape index (κ1) is 20.7. The topological polar surface area (TPSA) is 69.7 Å². The van der Waals surface area contributed by atoms with Gasteiger partial charge in [-0.2, -0.15) is 0 Å². The summed E-state index contributed by atoms with van der Waals surface area (Å²) >= 11 is 0. The van der Waals surface area contributed by atoms with Crippen LogP contribution in [0.4, 0.5) is 20.2 Å². The number of hydrogen-bond acceptors (Lipinski definition) is 4. The van der Waals surface area contributed by atoms with E-state index < -0.39 is 23.4 Å². The molecule has 0 unspecified atom stereocenters. The highest BCUT2D eigenvalue weighted by Gasteiger charge is 2.43. The second kappa shape index (κ2) is 8.29. The van der Waals surface area contributed by atoms with Crippen molar-refractivity contribution in [3.05, 3.63) is 65.4 Å². The van der Waals surface area contributed by atoms with Gasteiger partial charge in [0, 0.05) is 31.8 Å². The minimum absolute atomic E-state index is 0.171. The standard InChI is InChI=1S/C23H21F2N3O3/c1-14(29)26-17-8-5-15(6-9-17)20-21(27-11-3-2-4-12-27)23(31)28(22(20)30)19-10-7-16(24)13-18(19)25/h5-10,13H,2-4,11-12H2,1H3,(H,26,29). The van der Waals surface area contributed by atoms with Crippen LogP contribution in [0.1, 0.15) is 31.7 Å². The molecule has 2 aliphatic rings. The molecule has 6 nitrogen and oxygen atoms in total. The van der Waals surface area contributed by atoms with E-state index in [1.54, 1.807) is 24.3 Å². The largest absolute Gasteiger partial charge is 0.366 e. The summed E-state index contributed by atoms with van der Waals surface area (Å²) in [5, 5.41) is 2.65. The van der Waals surface area contributed by atoms with Crippen molar-refractivity contribution >= 4 is 34.7 Å². The molecule has 1 fully saturated rings. The number of carbonyl (C=O) groups is 3. The van der Waals surface area contributed by atoms with Gasteiger partial charge >= 0.3 is 0 Å². The maximum Gasteiger partial charge on any atom is 0.282 e. The average Bonchev–Trinajstić information content (AvgIpc) is 2.99. The number of nitrogens with one attached hydrogen (secondary N) is 1. The number of hydrogen-bond donors (Lipinski definition) is 1. The molecule has 8 heteroatoms. The predicted molar refractivity (Wildman–Crippen MR) is 112 cm³/mol. The van der Waals surface area contributed by atoms with Gasteiger partial charge in [-0.05, 0) is 49.1 Å². The molecule has 160 valence electrons. The van der Waals surface area contributed by atoms with Gasteiger partial charge in [-0.3, -0.25) is 14.4 Å². The van der Waals surface area contributed by atoms with Crippen LogP contribution in [-0.2, 0) is 14.4 Å². The van der Waals surface area contributed by atoms with Gasteiger partial charge < -0.3 is 10.2 Å². The van der Waals surface area contributed by atoms with Gasteiger partial charge in [0.1, 0.15) is 17.3 Å². The first-order valence-electron chi connectivity index (χ1n) is 10.1. The Kier molecular flexibility index (Phi) is 5.54. The molecule has 3 amide bonds. The first-order chi connectivity index (χ1) is 14.9. The summed E-state index contributed by atoms with van der Waals surface area (Å²) < 4.78 is 27.9. The van der Waals surface area contributed by atoms with Crippen LogP contribution in [0, 0.1) is 11.6 Å². The molecule has 0 aromatic heterocycles. The van der Waals surface area contributed by atoms with Crippen LogP contribution >= 0.6 is 0 Å². The fourth-order valence-electron chi connectivity index (χ4n) is 3.99. The molecule has 0 bridgehead atoms. The average molecular weight is 425 g/mol. The molecule has 0 radical (unpaired) electrons. The summed E-state index contributed by atoms with van der Waals surface area (Å²) in [7, 11) is 0. The minimum Gasteiger partial charge on any atom is -0.366 e. The summed E-state index contributed by atoms with van der Waals surface area (Å²) in [6, 6.07) is 9.31. The Morgan fingerprint density at radius 3 is 2.23 bits per heavy atom. The lowest BCUT2D eigenvalue weighted by atomic mass is 10.0. The van der Waals surface area contributed by atoms with Gasteiger partial charge in [0.05, 0.1) is 11.3 Å². The molecule has 0 aliphatic carbocycles. The van der Waals surface area contributed by atoms with E-state index in [4.69, 9.17) is 0 Å². The van der Waals surface area contributed by atoms with E-state index in [0.29, 0.717) is 30.4 Å².